The molecule has 0 rings (SSSR count). The average Bonchev–Trinajstić information content (AvgIpc) is 0.938. The first-order valence-electron chi connectivity index (χ1n) is 1.88. The first-order chi connectivity index (χ1) is 4.90. The van der Waals surface area contributed by atoms with Crippen molar-refractivity contribution >= 4 is 94.2 Å². The van der Waals surface area contributed by atoms with Crippen LogP contribution in [0, 0.1) is 0 Å². The summed E-state index contributed by atoms with van der Waals surface area (Å²) >= 11 is 0. The summed E-state index contributed by atoms with van der Waals surface area (Å²) in [5.41, 5.74) is 0. The van der Waals surface area contributed by atoms with E-state index in [1.165, 1.54) is 0 Å². The van der Waals surface area contributed by atoms with Gasteiger partial charge in [-0.3, -0.25) is 0 Å². The predicted molar refractivity (Wildman–Crippen MR) is 71.9 cm³/mol. The molecule has 0 spiro atoms. The van der Waals surface area contributed by atoms with Crippen molar-refractivity contribution in [2.45, 2.75) is 0 Å². The van der Waals surface area contributed by atoms with Crippen LogP contribution < -0.4 is 12.3 Å². The van der Waals surface area contributed by atoms with Crippen molar-refractivity contribution in [2.75, 3.05) is 0 Å². The summed E-state index contributed by atoms with van der Waals surface area (Å²) in [4.78, 5) is 0. The quantitative estimate of drug-likeness (QED) is 0.278. The van der Waals surface area contributed by atoms with Gasteiger partial charge in [0, 0.05) is 0 Å². The molecule has 0 atom stereocenters. The van der Waals surface area contributed by atoms with Crippen LogP contribution in [0.3, 0.4) is 0 Å². The molecule has 0 aromatic heterocycles. The Morgan fingerprint density at radius 2 is 0.438 bits per heavy atom. The zero-order valence-corrected chi connectivity index (χ0v) is 19.0. The Morgan fingerprint density at radius 1 is 0.438 bits per heavy atom. The van der Waals surface area contributed by atoms with Crippen molar-refractivity contribution in [1.29, 1.82) is 0 Å². The molecule has 4 nitrogen and oxygen atoms in total. The molecule has 0 aromatic carbocycles. The van der Waals surface area contributed by atoms with E-state index in [2.05, 4.69) is 0 Å². The van der Waals surface area contributed by atoms with Gasteiger partial charge in [0.25, 0.3) is 0 Å². The van der Waals surface area contributed by atoms with Gasteiger partial charge in [-0.1, -0.05) is 0 Å². The molecule has 0 saturated carbocycles. The van der Waals surface area contributed by atoms with Crippen molar-refractivity contribution in [3.8, 4) is 0 Å². The topological polar surface area (TPSA) is 107 Å². The van der Waals surface area contributed by atoms with E-state index in [4.69, 9.17) is 94.2 Å². The maximum atomic E-state index is 10.3. The van der Waals surface area contributed by atoms with E-state index in [0.29, 0.717) is 0 Å². The zero-order chi connectivity index (χ0) is 12.8. The SMILES string of the molecule is [NH4+].[NH4+].[O]=[Mo-]([Cl])([Cl])([Cl])([Cl])[Cl].[O]=[Mo-]([Cl])([Cl])([Cl])([Cl])[Cl]. The van der Waals surface area contributed by atoms with Gasteiger partial charge in [0.2, 0.25) is 0 Å². The van der Waals surface area contributed by atoms with Gasteiger partial charge in [-0.2, -0.15) is 0 Å². The van der Waals surface area contributed by atoms with Gasteiger partial charge in [0.1, 0.15) is 0 Å². The Bertz CT molecular complexity index is 303. The third-order valence-electron chi connectivity index (χ3n) is 0. The van der Waals surface area contributed by atoms with E-state index in [0.717, 1.165) is 0 Å². The van der Waals surface area contributed by atoms with Crippen LogP contribution >= 0.6 is 94.2 Å². The third-order valence-corrected chi connectivity index (χ3v) is 0. The number of hydrogen-bond donors (Lipinski definition) is 2. The molecular formula is H8Cl10Mo2N2O2. The second kappa shape index (κ2) is 5.21. The molecule has 0 bridgehead atoms. The zero-order valence-electron chi connectivity index (χ0n) is 7.41. The van der Waals surface area contributed by atoms with Gasteiger partial charge in [-0.25, -0.2) is 0 Å². The minimum atomic E-state index is -6.07. The summed E-state index contributed by atoms with van der Waals surface area (Å²) in [7, 11) is 35.2. The third kappa shape index (κ3) is 348. The normalized spacial score (nSPS) is 20.1. The standard InChI is InChI=1S/10ClH.2Mo.2H3N.2O/h10*1H;;;2*1H3;;/q;;;;;;;;;;2*+4;;;;/p-8. The molecule has 0 saturated heterocycles. The second-order valence-corrected chi connectivity index (χ2v) is 73.3. The first kappa shape index (κ1) is 28.0. The van der Waals surface area contributed by atoms with Crippen LogP contribution in [0.25, 0.3) is 0 Å². The molecule has 112 valence electrons. The molecule has 8 N–H and O–H groups in total. The van der Waals surface area contributed by atoms with Gasteiger partial charge in [-0.05, 0) is 0 Å². The summed E-state index contributed by atoms with van der Waals surface area (Å²) in [6.07, 6.45) is 0. The van der Waals surface area contributed by atoms with Crippen molar-refractivity contribution in [2.24, 2.45) is 0 Å². The van der Waals surface area contributed by atoms with Crippen molar-refractivity contribution in [3.63, 3.8) is 0 Å². The Kier molecular flexibility index (Phi) is 9.13. The van der Waals surface area contributed by atoms with Crippen LogP contribution in [0.1, 0.15) is 0 Å². The molecule has 0 aliphatic heterocycles. The fraction of sp³-hybridized carbons (Fsp3) is 0. The summed E-state index contributed by atoms with van der Waals surface area (Å²) in [6.45, 7) is 0. The van der Waals surface area contributed by atoms with Crippen molar-refractivity contribution in [3.05, 3.63) is 0 Å². The Balaban J connectivity index is -0.0000000800. The van der Waals surface area contributed by atoms with E-state index in [1.807, 2.05) is 0 Å². The number of hydrogen-bond acceptors (Lipinski definition) is 2. The van der Waals surface area contributed by atoms with Crippen LogP contribution in [0.4, 0.5) is 0 Å². The van der Waals surface area contributed by atoms with Crippen molar-refractivity contribution < 1.29 is 23.4 Å². The summed E-state index contributed by atoms with van der Waals surface area (Å²) in [5, 5.41) is 0. The van der Waals surface area contributed by atoms with Gasteiger partial charge in [0.05, 0.1) is 0 Å². The fourth-order valence-corrected chi connectivity index (χ4v) is 0. The molecule has 0 aliphatic rings. The Morgan fingerprint density at radius 3 is 0.438 bits per heavy atom. The number of quaternary nitrogens is 2. The van der Waals surface area contributed by atoms with E-state index >= 15 is 0 Å². The van der Waals surface area contributed by atoms with E-state index in [1.54, 1.807) is 0 Å². The van der Waals surface area contributed by atoms with Crippen molar-refractivity contribution in [1.82, 2.24) is 12.3 Å². The molecular weight excluding hydrogens is 606 g/mol. The monoisotopic (exact) mass is 614 g/mol. The Labute approximate surface area is 127 Å². The average molecular weight is 614 g/mol. The molecule has 0 fully saturated rings. The van der Waals surface area contributed by atoms with Gasteiger partial charge < -0.3 is 12.3 Å². The maximum absolute atomic E-state index is 10.3. The molecule has 0 unspecified atom stereocenters. The minimum absolute atomic E-state index is 0. The fourth-order valence-electron chi connectivity index (χ4n) is 0. The number of rotatable bonds is 0. The van der Waals surface area contributed by atoms with Gasteiger partial charge >= 0.3 is 118 Å². The van der Waals surface area contributed by atoms with Crippen LogP contribution in [-0.4, -0.2) is 0 Å². The summed E-state index contributed by atoms with van der Waals surface area (Å²) in [5.74, 6) is 0. The Hall–Kier alpha value is 3.80. The van der Waals surface area contributed by atoms with Crippen LogP contribution in [-0.2, 0) is 23.4 Å². The second-order valence-electron chi connectivity index (χ2n) is 1.80. The molecule has 0 amide bonds. The van der Waals surface area contributed by atoms with E-state index < -0.39 is 16.6 Å². The van der Waals surface area contributed by atoms with E-state index in [-0.39, 0.29) is 12.3 Å². The van der Waals surface area contributed by atoms with Gasteiger partial charge in [-0.15, -0.1) is 0 Å². The molecule has 16 heavy (non-hydrogen) atoms. The van der Waals surface area contributed by atoms with Crippen LogP contribution in [0.15, 0.2) is 0 Å². The molecule has 16 heteroatoms. The number of halogens is 10. The molecule has 0 aliphatic carbocycles. The van der Waals surface area contributed by atoms with Crippen LogP contribution in [0.5, 0.6) is 0 Å². The molecule has 0 aromatic rings. The van der Waals surface area contributed by atoms with Gasteiger partial charge in [0.15, 0.2) is 0 Å². The first-order valence-corrected chi connectivity index (χ1v) is 29.4. The molecule has 0 heterocycles. The van der Waals surface area contributed by atoms with E-state index in [9.17, 15) is 6.80 Å². The van der Waals surface area contributed by atoms with Crippen LogP contribution in [0.2, 0.25) is 0 Å². The summed E-state index contributed by atoms with van der Waals surface area (Å²) < 4.78 is 20.5. The predicted octanol–water partition coefficient (Wildman–Crippen LogP) is 7.40. The molecule has 0 radical (unpaired) electrons. The summed E-state index contributed by atoms with van der Waals surface area (Å²) in [6, 6.07) is 0.